The van der Waals surface area contributed by atoms with Gasteiger partial charge < -0.3 is 10.2 Å². The Morgan fingerprint density at radius 1 is 0.929 bits per heavy atom. The van der Waals surface area contributed by atoms with Crippen LogP contribution in [0.2, 0.25) is 0 Å². The molecule has 1 rings (SSSR count). The van der Waals surface area contributed by atoms with Crippen LogP contribution in [0.15, 0.2) is 12.1 Å². The van der Waals surface area contributed by atoms with Crippen LogP contribution in [0.25, 0.3) is 0 Å². The van der Waals surface area contributed by atoms with Crippen LogP contribution in [0.3, 0.4) is 0 Å². The molecule has 0 saturated heterocycles. The van der Waals surface area contributed by atoms with Gasteiger partial charge in [-0.25, -0.2) is 0 Å². The molecule has 0 fully saturated rings. The Morgan fingerprint density at radius 3 is 1.43 bits per heavy atom. The summed E-state index contributed by atoms with van der Waals surface area (Å²) in [7, 11) is 0. The lowest BCUT2D eigenvalue weighted by Gasteiger charge is -1.98. The first kappa shape index (κ1) is 9.71. The molecule has 14 heavy (non-hydrogen) atoms. The van der Waals surface area contributed by atoms with E-state index in [2.05, 4.69) is 0 Å². The van der Waals surface area contributed by atoms with Crippen molar-refractivity contribution in [2.24, 2.45) is 0 Å². The van der Waals surface area contributed by atoms with E-state index in [0.717, 1.165) is 0 Å². The molecule has 0 amide bonds. The fourth-order valence-electron chi connectivity index (χ4n) is 0.847. The molecular formula is C6H4N2O6. The summed E-state index contributed by atoms with van der Waals surface area (Å²) >= 11 is 0. The molecule has 2 N–H and O–H groups in total. The van der Waals surface area contributed by atoms with Crippen LogP contribution in [0.1, 0.15) is 0 Å². The maximum atomic E-state index is 10.3. The third kappa shape index (κ3) is 1.53. The summed E-state index contributed by atoms with van der Waals surface area (Å²) < 4.78 is 0. The highest BCUT2D eigenvalue weighted by molar-refractivity contribution is 5.61. The van der Waals surface area contributed by atoms with E-state index in [0.29, 0.717) is 12.1 Å². The average Bonchev–Trinajstić information content (AvgIpc) is 2.08. The van der Waals surface area contributed by atoms with Crippen molar-refractivity contribution < 1.29 is 20.1 Å². The molecule has 0 aliphatic heterocycles. The Bertz CT molecular complexity index is 376. The van der Waals surface area contributed by atoms with Gasteiger partial charge in [-0.3, -0.25) is 20.2 Å². The number of phenolic OH excluding ortho intramolecular Hbond substituents is 2. The van der Waals surface area contributed by atoms with Crippen molar-refractivity contribution in [1.82, 2.24) is 0 Å². The monoisotopic (exact) mass is 200 g/mol. The number of nitro groups is 2. The zero-order valence-electron chi connectivity index (χ0n) is 6.58. The first-order valence-electron chi connectivity index (χ1n) is 3.28. The zero-order valence-corrected chi connectivity index (χ0v) is 6.58. The van der Waals surface area contributed by atoms with E-state index in [9.17, 15) is 20.2 Å². The molecule has 8 nitrogen and oxygen atoms in total. The van der Waals surface area contributed by atoms with Gasteiger partial charge in [-0.15, -0.1) is 0 Å². The highest BCUT2D eigenvalue weighted by Gasteiger charge is 2.26. The Kier molecular flexibility index (Phi) is 2.19. The van der Waals surface area contributed by atoms with Crippen molar-refractivity contribution in [1.29, 1.82) is 0 Å². The van der Waals surface area contributed by atoms with Crippen LogP contribution in [0.4, 0.5) is 11.4 Å². The van der Waals surface area contributed by atoms with Crippen LogP contribution in [0, 0.1) is 20.2 Å². The number of hydrogen-bond donors (Lipinski definition) is 2. The lowest BCUT2D eigenvalue weighted by molar-refractivity contribution is -0.422. The number of phenols is 2. The summed E-state index contributed by atoms with van der Waals surface area (Å²) in [6.07, 6.45) is 0. The quantitative estimate of drug-likeness (QED) is 0.415. The molecule has 0 bridgehead atoms. The number of nitro benzene ring substituents is 2. The topological polar surface area (TPSA) is 127 Å². The summed E-state index contributed by atoms with van der Waals surface area (Å²) in [5, 5.41) is 38.4. The largest absolute Gasteiger partial charge is 0.504 e. The minimum atomic E-state index is -1.02. The molecular weight excluding hydrogens is 196 g/mol. The van der Waals surface area contributed by atoms with Gasteiger partial charge >= 0.3 is 11.4 Å². The first-order valence-corrected chi connectivity index (χ1v) is 3.28. The standard InChI is InChI=1S/C6H4N2O6/c9-5-1-3(7(11)12)4(8(13)14)2-6(5)10/h1-2,9-10H. The van der Waals surface area contributed by atoms with Gasteiger partial charge in [0.05, 0.1) is 22.0 Å². The van der Waals surface area contributed by atoms with Crippen molar-refractivity contribution in [3.63, 3.8) is 0 Å². The minimum absolute atomic E-state index is 0.521. The van der Waals surface area contributed by atoms with Crippen molar-refractivity contribution in [3.8, 4) is 11.5 Å². The molecule has 0 aliphatic rings. The molecule has 0 aromatic heterocycles. The van der Waals surface area contributed by atoms with Crippen molar-refractivity contribution >= 4 is 11.4 Å². The van der Waals surface area contributed by atoms with E-state index in [-0.39, 0.29) is 0 Å². The lowest BCUT2D eigenvalue weighted by atomic mass is 10.2. The van der Waals surface area contributed by atoms with Gasteiger partial charge in [0.25, 0.3) is 0 Å². The molecule has 0 unspecified atom stereocenters. The van der Waals surface area contributed by atoms with Gasteiger partial charge in [-0.05, 0) is 0 Å². The molecule has 0 aliphatic carbocycles. The van der Waals surface area contributed by atoms with Crippen molar-refractivity contribution in [3.05, 3.63) is 32.4 Å². The summed E-state index contributed by atoms with van der Waals surface area (Å²) in [6, 6.07) is 1.04. The van der Waals surface area contributed by atoms with Gasteiger partial charge in [0.2, 0.25) is 0 Å². The van der Waals surface area contributed by atoms with E-state index < -0.39 is 32.7 Å². The van der Waals surface area contributed by atoms with E-state index in [4.69, 9.17) is 10.2 Å². The van der Waals surface area contributed by atoms with Crippen molar-refractivity contribution in [2.75, 3.05) is 0 Å². The predicted octanol–water partition coefficient (Wildman–Crippen LogP) is 0.914. The van der Waals surface area contributed by atoms with Crippen molar-refractivity contribution in [2.45, 2.75) is 0 Å². The molecule has 74 valence electrons. The Balaban J connectivity index is 3.46. The third-order valence-electron chi connectivity index (χ3n) is 1.47. The second kappa shape index (κ2) is 3.17. The molecule has 1 aromatic carbocycles. The second-order valence-electron chi connectivity index (χ2n) is 2.34. The number of rotatable bonds is 2. The molecule has 0 saturated carbocycles. The Morgan fingerprint density at radius 2 is 1.21 bits per heavy atom. The van der Waals surface area contributed by atoms with Crippen LogP contribution in [-0.4, -0.2) is 20.1 Å². The number of aromatic hydroxyl groups is 2. The number of nitrogens with zero attached hydrogens (tertiary/aromatic N) is 2. The molecule has 0 atom stereocenters. The number of benzene rings is 1. The molecule has 8 heteroatoms. The van der Waals surface area contributed by atoms with E-state index in [1.165, 1.54) is 0 Å². The zero-order chi connectivity index (χ0) is 10.9. The minimum Gasteiger partial charge on any atom is -0.504 e. The fraction of sp³-hybridized carbons (Fsp3) is 0. The van der Waals surface area contributed by atoms with Crippen LogP contribution in [0.5, 0.6) is 11.5 Å². The normalized spacial score (nSPS) is 9.71. The van der Waals surface area contributed by atoms with E-state index >= 15 is 0 Å². The van der Waals surface area contributed by atoms with Gasteiger partial charge in [-0.1, -0.05) is 0 Å². The van der Waals surface area contributed by atoms with Gasteiger partial charge in [0.1, 0.15) is 0 Å². The average molecular weight is 200 g/mol. The van der Waals surface area contributed by atoms with Gasteiger partial charge in [-0.2, -0.15) is 0 Å². The predicted molar refractivity (Wildman–Crippen MR) is 43.1 cm³/mol. The fourth-order valence-corrected chi connectivity index (χ4v) is 0.847. The SMILES string of the molecule is O=[N+]([O-])c1cc(O)c(O)cc1[N+](=O)[O-]. The van der Waals surface area contributed by atoms with Crippen LogP contribution in [-0.2, 0) is 0 Å². The lowest BCUT2D eigenvalue weighted by Crippen LogP contribution is -1.96. The smallest absolute Gasteiger partial charge is 0.350 e. The number of hydrogen-bond acceptors (Lipinski definition) is 6. The Hall–Kier alpha value is -2.38. The van der Waals surface area contributed by atoms with E-state index in [1.807, 2.05) is 0 Å². The first-order chi connectivity index (χ1) is 6.43. The summed E-state index contributed by atoms with van der Waals surface area (Å²) in [4.78, 5) is 18.6. The van der Waals surface area contributed by atoms with Gasteiger partial charge in [0, 0.05) is 0 Å². The van der Waals surface area contributed by atoms with Crippen LogP contribution >= 0.6 is 0 Å². The Labute approximate surface area is 76.3 Å². The van der Waals surface area contributed by atoms with E-state index in [1.54, 1.807) is 0 Å². The van der Waals surface area contributed by atoms with Crippen LogP contribution < -0.4 is 0 Å². The molecule has 0 radical (unpaired) electrons. The summed E-state index contributed by atoms with van der Waals surface area (Å²) in [6.45, 7) is 0. The third-order valence-corrected chi connectivity index (χ3v) is 1.47. The molecule has 0 heterocycles. The summed E-state index contributed by atoms with van der Waals surface area (Å²) in [5.74, 6) is -1.55. The maximum Gasteiger partial charge on any atom is 0.350 e. The highest BCUT2D eigenvalue weighted by Crippen LogP contribution is 2.37. The van der Waals surface area contributed by atoms with Gasteiger partial charge in [0.15, 0.2) is 11.5 Å². The highest BCUT2D eigenvalue weighted by atomic mass is 16.6. The second-order valence-corrected chi connectivity index (χ2v) is 2.34. The molecule has 0 spiro atoms. The summed E-state index contributed by atoms with van der Waals surface area (Å²) in [5.41, 5.74) is -1.74. The molecule has 1 aromatic rings. The maximum absolute atomic E-state index is 10.3.